The molecule has 9 heteroatoms. The van der Waals surface area contributed by atoms with E-state index >= 15 is 0 Å². The van der Waals surface area contributed by atoms with Crippen molar-refractivity contribution in [2.45, 2.75) is 9.92 Å². The highest BCUT2D eigenvalue weighted by atomic mass is 79.9. The fourth-order valence-corrected chi connectivity index (χ4v) is 4.19. The van der Waals surface area contributed by atoms with Gasteiger partial charge in [0.2, 0.25) is 26.6 Å². The molecule has 30 heavy (non-hydrogen) atoms. The Morgan fingerprint density at radius 2 is 1.40 bits per heavy atom. The number of aromatic nitrogens is 1. The molecule has 0 unspecified atom stereocenters. The average molecular weight is 491 g/mol. The minimum atomic E-state index is -4.05. The fraction of sp³-hybridized carbons (Fsp3) is 0. The van der Waals surface area contributed by atoms with Crippen LogP contribution in [0.4, 0.5) is 20.4 Å². The number of anilines is 2. The first-order valence-electron chi connectivity index (χ1n) is 8.63. The Morgan fingerprint density at radius 3 is 2.00 bits per heavy atom. The van der Waals surface area contributed by atoms with Crippen LogP contribution in [-0.2, 0) is 9.84 Å². The quantitative estimate of drug-likeness (QED) is 0.373. The third-order valence-corrected chi connectivity index (χ3v) is 6.38. The zero-order valence-electron chi connectivity index (χ0n) is 15.1. The van der Waals surface area contributed by atoms with Crippen LogP contribution < -0.4 is 5.32 Å². The van der Waals surface area contributed by atoms with Crippen LogP contribution in [0.25, 0.3) is 11.5 Å². The van der Waals surface area contributed by atoms with Gasteiger partial charge in [-0.3, -0.25) is 0 Å². The number of nitrogens with zero attached hydrogens (tertiary/aromatic N) is 1. The Hall–Kier alpha value is -3.04. The number of hydrogen-bond donors (Lipinski definition) is 1. The van der Waals surface area contributed by atoms with Crippen molar-refractivity contribution >= 4 is 37.3 Å². The lowest BCUT2D eigenvalue weighted by Gasteiger charge is -2.06. The first-order chi connectivity index (χ1) is 14.3. The summed E-state index contributed by atoms with van der Waals surface area (Å²) in [5.41, 5.74) is 0.807. The van der Waals surface area contributed by atoms with Crippen LogP contribution in [0.3, 0.4) is 0 Å². The molecule has 152 valence electrons. The average Bonchev–Trinajstić information content (AvgIpc) is 3.15. The van der Waals surface area contributed by atoms with Gasteiger partial charge in [-0.15, -0.1) is 0 Å². The summed E-state index contributed by atoms with van der Waals surface area (Å²) in [5, 5.41) is 2.49. The van der Waals surface area contributed by atoms with E-state index in [9.17, 15) is 17.2 Å². The van der Waals surface area contributed by atoms with Crippen molar-refractivity contribution in [3.05, 3.63) is 88.9 Å². The van der Waals surface area contributed by atoms with Gasteiger partial charge in [-0.2, -0.15) is 4.98 Å². The molecule has 4 rings (SSSR count). The summed E-state index contributed by atoms with van der Waals surface area (Å²) in [6.07, 6.45) is 0. The van der Waals surface area contributed by atoms with Gasteiger partial charge in [-0.1, -0.05) is 15.9 Å². The van der Waals surface area contributed by atoms with E-state index in [1.54, 1.807) is 12.1 Å². The van der Waals surface area contributed by atoms with Crippen LogP contribution >= 0.6 is 15.9 Å². The molecule has 0 saturated heterocycles. The summed E-state index contributed by atoms with van der Waals surface area (Å²) in [6.45, 7) is 0. The van der Waals surface area contributed by atoms with Crippen LogP contribution in [0.5, 0.6) is 0 Å². The van der Waals surface area contributed by atoms with Crippen molar-refractivity contribution in [1.29, 1.82) is 0 Å². The van der Waals surface area contributed by atoms with Gasteiger partial charge in [0.15, 0.2) is 0 Å². The molecule has 0 aliphatic rings. The first kappa shape index (κ1) is 20.2. The number of hydrogen-bond acceptors (Lipinski definition) is 5. The minimum Gasteiger partial charge on any atom is -0.419 e. The molecule has 0 fully saturated rings. The second kappa shape index (κ2) is 8.00. The van der Waals surface area contributed by atoms with Crippen molar-refractivity contribution in [1.82, 2.24) is 4.98 Å². The number of oxazole rings is 1. The lowest BCUT2D eigenvalue weighted by Crippen LogP contribution is -2.05. The van der Waals surface area contributed by atoms with E-state index in [-0.39, 0.29) is 21.7 Å². The van der Waals surface area contributed by atoms with Gasteiger partial charge >= 0.3 is 0 Å². The lowest BCUT2D eigenvalue weighted by atomic mass is 10.2. The third-order valence-electron chi connectivity index (χ3n) is 4.17. The molecule has 0 spiro atoms. The summed E-state index contributed by atoms with van der Waals surface area (Å²) in [7, 11) is -4.05. The zero-order chi connectivity index (χ0) is 21.3. The largest absolute Gasteiger partial charge is 0.419 e. The van der Waals surface area contributed by atoms with E-state index in [4.69, 9.17) is 4.42 Å². The Bertz CT molecular complexity index is 1290. The van der Waals surface area contributed by atoms with Crippen LogP contribution in [0.1, 0.15) is 0 Å². The smallest absolute Gasteiger partial charge is 0.238 e. The molecule has 0 aliphatic carbocycles. The number of sulfone groups is 1. The normalized spacial score (nSPS) is 11.4. The summed E-state index contributed by atoms with van der Waals surface area (Å²) < 4.78 is 59.3. The molecule has 3 aromatic carbocycles. The summed E-state index contributed by atoms with van der Waals surface area (Å²) in [5.74, 6) is -1.02. The van der Waals surface area contributed by atoms with Gasteiger partial charge < -0.3 is 9.73 Å². The number of rotatable bonds is 5. The van der Waals surface area contributed by atoms with Gasteiger partial charge in [0.1, 0.15) is 11.6 Å². The Morgan fingerprint density at radius 1 is 0.833 bits per heavy atom. The number of nitrogens with one attached hydrogen (secondary N) is 1. The molecule has 0 atom stereocenters. The van der Waals surface area contributed by atoms with Crippen molar-refractivity contribution in [3.63, 3.8) is 0 Å². The van der Waals surface area contributed by atoms with Crippen molar-refractivity contribution < 1.29 is 21.6 Å². The number of benzene rings is 3. The minimum absolute atomic E-state index is 0.00435. The molecule has 0 bridgehead atoms. The maximum atomic E-state index is 13.3. The molecule has 1 N–H and O–H groups in total. The van der Waals surface area contributed by atoms with E-state index in [1.807, 2.05) is 0 Å². The van der Waals surface area contributed by atoms with Crippen molar-refractivity contribution in [2.75, 3.05) is 5.32 Å². The zero-order valence-corrected chi connectivity index (χ0v) is 17.5. The molecular weight excluding hydrogens is 478 g/mol. The van der Waals surface area contributed by atoms with Gasteiger partial charge in [-0.05, 0) is 72.8 Å². The molecule has 0 aliphatic heterocycles. The monoisotopic (exact) mass is 490 g/mol. The molecule has 4 aromatic rings. The molecule has 0 radical (unpaired) electrons. The molecular formula is C21H13BrF2N2O3S. The van der Waals surface area contributed by atoms with E-state index < -0.39 is 21.5 Å². The van der Waals surface area contributed by atoms with Crippen molar-refractivity contribution in [2.24, 2.45) is 0 Å². The standard InChI is InChI=1S/C21H13BrF2N2O3S/c22-14-3-11-18(12-4-14)30(27,28)21-20(25-17-9-7-16(24)8-10-17)29-19(26-21)13-1-5-15(23)6-2-13/h1-12,25H. The fourth-order valence-electron chi connectivity index (χ4n) is 2.67. The highest BCUT2D eigenvalue weighted by Crippen LogP contribution is 2.34. The van der Waals surface area contributed by atoms with Gasteiger partial charge in [0, 0.05) is 15.7 Å². The van der Waals surface area contributed by atoms with E-state index in [0.29, 0.717) is 11.3 Å². The second-order valence-corrected chi connectivity index (χ2v) is 9.03. The lowest BCUT2D eigenvalue weighted by molar-refractivity contribution is 0.581. The van der Waals surface area contributed by atoms with Gasteiger partial charge in [0.05, 0.1) is 4.90 Å². The predicted octanol–water partition coefficient (Wildman–Crippen LogP) is 5.96. The third kappa shape index (κ3) is 4.12. The Labute approximate surface area is 179 Å². The highest BCUT2D eigenvalue weighted by molar-refractivity contribution is 9.10. The molecule has 5 nitrogen and oxygen atoms in total. The Kier molecular flexibility index (Phi) is 5.40. The highest BCUT2D eigenvalue weighted by Gasteiger charge is 2.28. The van der Waals surface area contributed by atoms with Crippen LogP contribution in [-0.4, -0.2) is 13.4 Å². The second-order valence-electron chi connectivity index (χ2n) is 6.25. The number of halogens is 3. The maximum absolute atomic E-state index is 13.3. The molecule has 1 aromatic heterocycles. The van der Waals surface area contributed by atoms with Gasteiger partial charge in [0.25, 0.3) is 0 Å². The molecule has 0 amide bonds. The Balaban J connectivity index is 1.83. The topological polar surface area (TPSA) is 72.2 Å². The van der Waals surface area contributed by atoms with Crippen molar-refractivity contribution in [3.8, 4) is 11.5 Å². The van der Waals surface area contributed by atoms with E-state index in [1.165, 1.54) is 60.7 Å². The van der Waals surface area contributed by atoms with Crippen LogP contribution in [0, 0.1) is 11.6 Å². The summed E-state index contributed by atoms with van der Waals surface area (Å²) in [4.78, 5) is 4.19. The molecule has 1 heterocycles. The maximum Gasteiger partial charge on any atom is 0.238 e. The SMILES string of the molecule is O=S(=O)(c1ccc(Br)cc1)c1nc(-c2ccc(F)cc2)oc1Nc1ccc(F)cc1. The van der Waals surface area contributed by atoms with E-state index in [0.717, 1.165) is 4.47 Å². The van der Waals surface area contributed by atoms with E-state index in [2.05, 4.69) is 26.2 Å². The van der Waals surface area contributed by atoms with Crippen LogP contribution in [0.15, 0.2) is 91.6 Å². The first-order valence-corrected chi connectivity index (χ1v) is 10.9. The molecule has 0 saturated carbocycles. The summed E-state index contributed by atoms with van der Waals surface area (Å²) >= 11 is 3.27. The van der Waals surface area contributed by atoms with Gasteiger partial charge in [-0.25, -0.2) is 17.2 Å². The summed E-state index contributed by atoms with van der Waals surface area (Å²) in [6, 6.07) is 16.7. The van der Waals surface area contributed by atoms with Crippen LogP contribution in [0.2, 0.25) is 0 Å². The predicted molar refractivity (Wildman–Crippen MR) is 111 cm³/mol.